The fraction of sp³-hybridized carbons (Fsp3) is 0.727. The number of rotatable bonds is 9. The zero-order valence-corrected chi connectivity index (χ0v) is 9.67. The molecule has 0 aliphatic heterocycles. The van der Waals surface area contributed by atoms with Crippen LogP contribution in [0.1, 0.15) is 20.3 Å². The Bertz CT molecular complexity index is 192. The Kier molecular flexibility index (Phi) is 9.11. The quantitative estimate of drug-likeness (QED) is 0.356. The van der Waals surface area contributed by atoms with Crippen LogP contribution in [0, 0.1) is 0 Å². The van der Waals surface area contributed by atoms with Gasteiger partial charge in [-0.15, -0.1) is 0 Å². The van der Waals surface area contributed by atoms with Crippen molar-refractivity contribution in [2.45, 2.75) is 20.3 Å². The molecular formula is C11H21NO3. The van der Waals surface area contributed by atoms with E-state index in [0.29, 0.717) is 25.3 Å². The fourth-order valence-corrected chi connectivity index (χ4v) is 0.855. The molecule has 0 aromatic heterocycles. The molecule has 0 rings (SSSR count). The molecule has 15 heavy (non-hydrogen) atoms. The first-order valence-corrected chi connectivity index (χ1v) is 5.29. The largest absolute Gasteiger partial charge is 0.461 e. The van der Waals surface area contributed by atoms with E-state index in [1.807, 2.05) is 0 Å². The SMILES string of the molecule is C=C(C)C(=O)OCCNCCOCCC. The van der Waals surface area contributed by atoms with Gasteiger partial charge in [0.2, 0.25) is 0 Å². The highest BCUT2D eigenvalue weighted by Crippen LogP contribution is 1.90. The molecule has 0 heterocycles. The normalized spacial score (nSPS) is 10.0. The molecule has 0 aliphatic carbocycles. The molecule has 0 atom stereocenters. The summed E-state index contributed by atoms with van der Waals surface area (Å²) in [5.74, 6) is -0.334. The lowest BCUT2D eigenvalue weighted by Gasteiger charge is -2.06. The van der Waals surface area contributed by atoms with Crippen LogP contribution in [0.3, 0.4) is 0 Å². The van der Waals surface area contributed by atoms with Crippen LogP contribution in [0.5, 0.6) is 0 Å². The molecule has 0 aromatic rings. The van der Waals surface area contributed by atoms with Crippen LogP contribution in [-0.2, 0) is 14.3 Å². The number of hydrogen-bond donors (Lipinski definition) is 1. The summed E-state index contributed by atoms with van der Waals surface area (Å²) in [5.41, 5.74) is 0.432. The van der Waals surface area contributed by atoms with E-state index in [2.05, 4.69) is 18.8 Å². The molecule has 0 amide bonds. The van der Waals surface area contributed by atoms with Crippen LogP contribution >= 0.6 is 0 Å². The Morgan fingerprint density at radius 3 is 2.53 bits per heavy atom. The third-order valence-electron chi connectivity index (χ3n) is 1.63. The molecule has 0 fully saturated rings. The van der Waals surface area contributed by atoms with E-state index in [1.165, 1.54) is 0 Å². The Morgan fingerprint density at radius 1 is 1.27 bits per heavy atom. The Balaban J connectivity index is 3.11. The number of esters is 1. The van der Waals surface area contributed by atoms with Crippen molar-refractivity contribution in [1.82, 2.24) is 5.32 Å². The van der Waals surface area contributed by atoms with Gasteiger partial charge in [0, 0.05) is 25.3 Å². The van der Waals surface area contributed by atoms with Gasteiger partial charge in [0.25, 0.3) is 0 Å². The van der Waals surface area contributed by atoms with Crippen LogP contribution in [0.15, 0.2) is 12.2 Å². The van der Waals surface area contributed by atoms with Crippen LogP contribution in [-0.4, -0.2) is 38.9 Å². The summed E-state index contributed by atoms with van der Waals surface area (Å²) in [6.45, 7) is 10.5. The highest BCUT2D eigenvalue weighted by Gasteiger charge is 2.01. The number of ether oxygens (including phenoxy) is 2. The molecule has 1 N–H and O–H groups in total. The maximum absolute atomic E-state index is 10.9. The molecular weight excluding hydrogens is 194 g/mol. The molecule has 4 heteroatoms. The predicted molar refractivity (Wildman–Crippen MR) is 59.8 cm³/mol. The molecule has 0 bridgehead atoms. The molecule has 88 valence electrons. The summed E-state index contributed by atoms with van der Waals surface area (Å²) in [7, 11) is 0. The number of hydrogen-bond acceptors (Lipinski definition) is 4. The van der Waals surface area contributed by atoms with Gasteiger partial charge in [-0.2, -0.15) is 0 Å². The van der Waals surface area contributed by atoms with E-state index < -0.39 is 0 Å². The zero-order valence-electron chi connectivity index (χ0n) is 9.67. The summed E-state index contributed by atoms with van der Waals surface area (Å²) in [6, 6.07) is 0. The van der Waals surface area contributed by atoms with Crippen LogP contribution in [0.25, 0.3) is 0 Å². The highest BCUT2D eigenvalue weighted by molar-refractivity contribution is 5.86. The standard InChI is InChI=1S/C11H21NO3/c1-4-7-14-8-5-12-6-9-15-11(13)10(2)3/h12H,2,4-9H2,1,3H3. The van der Waals surface area contributed by atoms with Crippen LogP contribution in [0.4, 0.5) is 0 Å². The van der Waals surface area contributed by atoms with Gasteiger partial charge >= 0.3 is 5.97 Å². The van der Waals surface area contributed by atoms with Gasteiger partial charge in [-0.05, 0) is 13.3 Å². The Morgan fingerprint density at radius 2 is 1.93 bits per heavy atom. The molecule has 0 radical (unpaired) electrons. The van der Waals surface area contributed by atoms with Gasteiger partial charge in [-0.3, -0.25) is 0 Å². The van der Waals surface area contributed by atoms with Crippen LogP contribution < -0.4 is 5.32 Å². The second-order valence-electron chi connectivity index (χ2n) is 3.28. The fourth-order valence-electron chi connectivity index (χ4n) is 0.855. The van der Waals surface area contributed by atoms with E-state index in [4.69, 9.17) is 9.47 Å². The lowest BCUT2D eigenvalue weighted by Crippen LogP contribution is -2.25. The first-order valence-electron chi connectivity index (χ1n) is 5.29. The number of nitrogens with one attached hydrogen (secondary N) is 1. The highest BCUT2D eigenvalue weighted by atomic mass is 16.5. The summed E-state index contributed by atoms with van der Waals surface area (Å²) in [5, 5.41) is 3.11. The van der Waals surface area contributed by atoms with Crippen molar-refractivity contribution < 1.29 is 14.3 Å². The van der Waals surface area contributed by atoms with E-state index >= 15 is 0 Å². The van der Waals surface area contributed by atoms with Gasteiger partial charge in [0.15, 0.2) is 0 Å². The van der Waals surface area contributed by atoms with Crippen molar-refractivity contribution in [2.24, 2.45) is 0 Å². The van der Waals surface area contributed by atoms with Crippen LogP contribution in [0.2, 0.25) is 0 Å². The van der Waals surface area contributed by atoms with Gasteiger partial charge in [0.1, 0.15) is 6.61 Å². The van der Waals surface area contributed by atoms with Crippen molar-refractivity contribution in [3.8, 4) is 0 Å². The molecule has 0 aromatic carbocycles. The smallest absolute Gasteiger partial charge is 0.333 e. The number of carbonyl (C=O) groups excluding carboxylic acids is 1. The van der Waals surface area contributed by atoms with Crippen molar-refractivity contribution in [1.29, 1.82) is 0 Å². The lowest BCUT2D eigenvalue weighted by atomic mass is 10.4. The molecule has 0 saturated carbocycles. The molecule has 4 nitrogen and oxygen atoms in total. The van der Waals surface area contributed by atoms with E-state index in [9.17, 15) is 4.79 Å². The van der Waals surface area contributed by atoms with Crippen molar-refractivity contribution in [3.63, 3.8) is 0 Å². The first-order chi connectivity index (χ1) is 7.18. The second kappa shape index (κ2) is 9.68. The van der Waals surface area contributed by atoms with Crippen molar-refractivity contribution in [2.75, 3.05) is 32.9 Å². The lowest BCUT2D eigenvalue weighted by molar-refractivity contribution is -0.138. The zero-order chi connectivity index (χ0) is 11.5. The minimum Gasteiger partial charge on any atom is -0.461 e. The predicted octanol–water partition coefficient (Wildman–Crippen LogP) is 1.12. The van der Waals surface area contributed by atoms with E-state index in [0.717, 1.165) is 19.6 Å². The number of carbonyl (C=O) groups is 1. The maximum atomic E-state index is 10.9. The average molecular weight is 215 g/mol. The van der Waals surface area contributed by atoms with Crippen molar-refractivity contribution >= 4 is 5.97 Å². The van der Waals surface area contributed by atoms with E-state index in [1.54, 1.807) is 6.92 Å². The Labute approximate surface area is 91.6 Å². The van der Waals surface area contributed by atoms with Gasteiger partial charge < -0.3 is 14.8 Å². The minimum absolute atomic E-state index is 0.334. The van der Waals surface area contributed by atoms with Gasteiger partial charge in [-0.25, -0.2) is 4.79 Å². The molecule has 0 spiro atoms. The third-order valence-corrected chi connectivity index (χ3v) is 1.63. The third kappa shape index (κ3) is 9.43. The molecule has 0 aliphatic rings. The summed E-state index contributed by atoms with van der Waals surface area (Å²) in [4.78, 5) is 10.9. The maximum Gasteiger partial charge on any atom is 0.333 e. The average Bonchev–Trinajstić information content (AvgIpc) is 2.21. The molecule has 0 unspecified atom stereocenters. The van der Waals surface area contributed by atoms with Gasteiger partial charge in [0.05, 0.1) is 6.61 Å². The second-order valence-corrected chi connectivity index (χ2v) is 3.28. The summed E-state index contributed by atoms with van der Waals surface area (Å²) in [6.07, 6.45) is 1.04. The van der Waals surface area contributed by atoms with Crippen molar-refractivity contribution in [3.05, 3.63) is 12.2 Å². The summed E-state index contributed by atoms with van der Waals surface area (Å²) < 4.78 is 10.2. The monoisotopic (exact) mass is 215 g/mol. The first kappa shape index (κ1) is 14.1. The topological polar surface area (TPSA) is 47.6 Å². The summed E-state index contributed by atoms with van der Waals surface area (Å²) >= 11 is 0. The molecule has 0 saturated heterocycles. The minimum atomic E-state index is -0.334. The van der Waals surface area contributed by atoms with E-state index in [-0.39, 0.29) is 5.97 Å². The Hall–Kier alpha value is -0.870. The van der Waals surface area contributed by atoms with Gasteiger partial charge in [-0.1, -0.05) is 13.5 Å².